The maximum Gasteiger partial charge on any atom is 0.349 e. The Bertz CT molecular complexity index is 850. The predicted octanol–water partition coefficient (Wildman–Crippen LogP) is 1.41. The van der Waals surface area contributed by atoms with E-state index in [0.29, 0.717) is 28.8 Å². The van der Waals surface area contributed by atoms with Gasteiger partial charge in [-0.3, -0.25) is 0 Å². The summed E-state index contributed by atoms with van der Waals surface area (Å²) in [5, 5.41) is 6.27. The molecular formula is C13H13N5O2. The Kier molecular flexibility index (Phi) is 2.67. The first-order valence-corrected chi connectivity index (χ1v) is 6.04. The van der Waals surface area contributed by atoms with Crippen LogP contribution in [0.1, 0.15) is 11.4 Å². The van der Waals surface area contributed by atoms with Crippen molar-refractivity contribution in [2.45, 2.75) is 13.8 Å². The van der Waals surface area contributed by atoms with Crippen LogP contribution in [0.2, 0.25) is 0 Å². The van der Waals surface area contributed by atoms with Crippen LogP contribution in [-0.4, -0.2) is 19.6 Å². The maximum atomic E-state index is 11.5. The number of nitrogen functional groups attached to an aromatic ring is 1. The van der Waals surface area contributed by atoms with Crippen molar-refractivity contribution in [2.75, 3.05) is 5.73 Å². The quantitative estimate of drug-likeness (QED) is 0.687. The van der Waals surface area contributed by atoms with Gasteiger partial charge in [0, 0.05) is 17.3 Å². The molecule has 1 aromatic carbocycles. The molecule has 0 bridgehead atoms. The molecule has 0 aliphatic rings. The highest BCUT2D eigenvalue weighted by atomic mass is 16.5. The van der Waals surface area contributed by atoms with Gasteiger partial charge in [0.15, 0.2) is 5.65 Å². The number of aromatic nitrogens is 4. The SMILES string of the molecule is Cc1c(N)cccc1Oc1cc2n[nH]c(=O)n2c(C)n1. The van der Waals surface area contributed by atoms with Gasteiger partial charge >= 0.3 is 5.69 Å². The summed E-state index contributed by atoms with van der Waals surface area (Å²) in [5.74, 6) is 1.49. The minimum Gasteiger partial charge on any atom is -0.438 e. The third kappa shape index (κ3) is 1.89. The van der Waals surface area contributed by atoms with Crippen molar-refractivity contribution in [2.24, 2.45) is 0 Å². The van der Waals surface area contributed by atoms with E-state index >= 15 is 0 Å². The first kappa shape index (κ1) is 12.2. The molecular weight excluding hydrogens is 258 g/mol. The van der Waals surface area contributed by atoms with E-state index in [1.54, 1.807) is 19.1 Å². The second-order valence-corrected chi connectivity index (χ2v) is 4.44. The Balaban J connectivity index is 2.07. The number of nitrogens with two attached hydrogens (primary N) is 1. The van der Waals surface area contributed by atoms with Crippen molar-refractivity contribution in [3.63, 3.8) is 0 Å². The van der Waals surface area contributed by atoms with Crippen molar-refractivity contribution >= 4 is 11.3 Å². The lowest BCUT2D eigenvalue weighted by molar-refractivity contribution is 0.457. The van der Waals surface area contributed by atoms with Gasteiger partial charge in [-0.15, -0.1) is 0 Å². The number of benzene rings is 1. The van der Waals surface area contributed by atoms with Gasteiger partial charge in [-0.1, -0.05) is 6.07 Å². The van der Waals surface area contributed by atoms with Gasteiger partial charge < -0.3 is 10.5 Å². The number of hydrogen-bond donors (Lipinski definition) is 2. The van der Waals surface area contributed by atoms with Crippen molar-refractivity contribution in [1.29, 1.82) is 0 Å². The Hall–Kier alpha value is -2.83. The minimum absolute atomic E-state index is 0.323. The topological polar surface area (TPSA) is 98.3 Å². The van der Waals surface area contributed by atoms with Gasteiger partial charge in [0.2, 0.25) is 5.88 Å². The molecule has 2 aromatic heterocycles. The summed E-state index contributed by atoms with van der Waals surface area (Å²) in [7, 11) is 0. The lowest BCUT2D eigenvalue weighted by atomic mass is 10.2. The molecule has 7 heteroatoms. The molecule has 0 spiro atoms. The molecule has 102 valence electrons. The fourth-order valence-corrected chi connectivity index (χ4v) is 1.98. The number of ether oxygens (including phenoxy) is 1. The number of aromatic amines is 1. The Labute approximate surface area is 114 Å². The third-order valence-electron chi connectivity index (χ3n) is 3.09. The van der Waals surface area contributed by atoms with Crippen molar-refractivity contribution in [3.8, 4) is 11.6 Å². The zero-order valence-electron chi connectivity index (χ0n) is 11.0. The van der Waals surface area contributed by atoms with Gasteiger partial charge in [0.25, 0.3) is 0 Å². The molecule has 0 amide bonds. The van der Waals surface area contributed by atoms with Crippen LogP contribution in [0.3, 0.4) is 0 Å². The molecule has 0 aliphatic heterocycles. The molecule has 2 heterocycles. The van der Waals surface area contributed by atoms with Crippen LogP contribution < -0.4 is 16.2 Å². The first-order chi connectivity index (χ1) is 9.56. The summed E-state index contributed by atoms with van der Waals surface area (Å²) >= 11 is 0. The average Bonchev–Trinajstić information content (AvgIpc) is 2.77. The van der Waals surface area contributed by atoms with Crippen molar-refractivity contribution < 1.29 is 4.74 Å². The first-order valence-electron chi connectivity index (χ1n) is 6.04. The zero-order valence-corrected chi connectivity index (χ0v) is 11.0. The predicted molar refractivity (Wildman–Crippen MR) is 74.0 cm³/mol. The molecule has 3 rings (SSSR count). The highest BCUT2D eigenvalue weighted by Crippen LogP contribution is 2.27. The lowest BCUT2D eigenvalue weighted by Gasteiger charge is -2.10. The van der Waals surface area contributed by atoms with E-state index in [4.69, 9.17) is 10.5 Å². The lowest BCUT2D eigenvalue weighted by Crippen LogP contribution is -2.13. The highest BCUT2D eigenvalue weighted by Gasteiger charge is 2.10. The molecule has 0 aliphatic carbocycles. The minimum atomic E-state index is -0.323. The second kappa shape index (κ2) is 4.37. The molecule has 0 unspecified atom stereocenters. The van der Waals surface area contributed by atoms with E-state index < -0.39 is 0 Å². The van der Waals surface area contributed by atoms with Crippen LogP contribution in [0.25, 0.3) is 5.65 Å². The fraction of sp³-hybridized carbons (Fsp3) is 0.154. The molecule has 0 atom stereocenters. The summed E-state index contributed by atoms with van der Waals surface area (Å²) in [6, 6.07) is 7.01. The van der Waals surface area contributed by atoms with Gasteiger partial charge in [0.1, 0.15) is 11.6 Å². The van der Waals surface area contributed by atoms with Gasteiger partial charge in [-0.05, 0) is 26.0 Å². The van der Waals surface area contributed by atoms with Crippen LogP contribution in [0, 0.1) is 13.8 Å². The molecule has 0 fully saturated rings. The number of anilines is 1. The molecule has 3 N–H and O–H groups in total. The number of rotatable bonds is 2. The van der Waals surface area contributed by atoms with E-state index in [9.17, 15) is 4.79 Å². The van der Waals surface area contributed by atoms with Gasteiger partial charge in [0.05, 0.1) is 0 Å². The molecule has 20 heavy (non-hydrogen) atoms. The number of H-pyrrole nitrogens is 1. The summed E-state index contributed by atoms with van der Waals surface area (Å²) in [6.07, 6.45) is 0. The summed E-state index contributed by atoms with van der Waals surface area (Å²) in [4.78, 5) is 15.8. The normalized spacial score (nSPS) is 10.9. The van der Waals surface area contributed by atoms with Crippen LogP contribution in [0.5, 0.6) is 11.6 Å². The van der Waals surface area contributed by atoms with Gasteiger partial charge in [-0.2, -0.15) is 10.1 Å². The number of aryl methyl sites for hydroxylation is 1. The highest BCUT2D eigenvalue weighted by molar-refractivity contribution is 5.54. The van der Waals surface area contributed by atoms with Crippen LogP contribution in [0.4, 0.5) is 5.69 Å². The van der Waals surface area contributed by atoms with E-state index in [0.717, 1.165) is 5.56 Å². The summed E-state index contributed by atoms with van der Waals surface area (Å²) in [6.45, 7) is 3.58. The molecule has 0 radical (unpaired) electrons. The number of fused-ring (bicyclic) bond motifs is 1. The van der Waals surface area contributed by atoms with Crippen LogP contribution in [0.15, 0.2) is 29.1 Å². The van der Waals surface area contributed by atoms with E-state index in [1.165, 1.54) is 4.40 Å². The molecule has 0 saturated heterocycles. The van der Waals surface area contributed by atoms with Gasteiger partial charge in [-0.25, -0.2) is 14.3 Å². The summed E-state index contributed by atoms with van der Waals surface area (Å²) in [5.41, 5.74) is 7.46. The second-order valence-electron chi connectivity index (χ2n) is 4.44. The average molecular weight is 271 g/mol. The Morgan fingerprint density at radius 1 is 1.35 bits per heavy atom. The zero-order chi connectivity index (χ0) is 14.3. The molecule has 7 nitrogen and oxygen atoms in total. The van der Waals surface area contributed by atoms with Crippen molar-refractivity contribution in [3.05, 3.63) is 46.1 Å². The molecule has 0 saturated carbocycles. The van der Waals surface area contributed by atoms with Crippen LogP contribution in [-0.2, 0) is 0 Å². The third-order valence-corrected chi connectivity index (χ3v) is 3.09. The fourth-order valence-electron chi connectivity index (χ4n) is 1.98. The van der Waals surface area contributed by atoms with E-state index in [2.05, 4.69) is 15.2 Å². The van der Waals surface area contributed by atoms with Crippen molar-refractivity contribution in [1.82, 2.24) is 19.6 Å². The van der Waals surface area contributed by atoms with E-state index in [-0.39, 0.29) is 5.69 Å². The summed E-state index contributed by atoms with van der Waals surface area (Å²) < 4.78 is 7.10. The molecule has 3 aromatic rings. The largest absolute Gasteiger partial charge is 0.438 e. The number of nitrogens with zero attached hydrogens (tertiary/aromatic N) is 3. The van der Waals surface area contributed by atoms with Crippen LogP contribution >= 0.6 is 0 Å². The van der Waals surface area contributed by atoms with E-state index in [1.807, 2.05) is 19.1 Å². The smallest absolute Gasteiger partial charge is 0.349 e. The number of hydrogen-bond acceptors (Lipinski definition) is 5. The maximum absolute atomic E-state index is 11.5. The Morgan fingerprint density at radius 2 is 2.15 bits per heavy atom. The monoisotopic (exact) mass is 271 g/mol. The standard InChI is InChI=1S/C13H13N5O2/c1-7-9(14)4-3-5-10(7)20-12-6-11-16-17-13(19)18(11)8(2)15-12/h3-6H,14H2,1-2H3,(H,17,19). The Morgan fingerprint density at radius 3 is 2.95 bits per heavy atom. The number of nitrogens with one attached hydrogen (secondary N) is 1.